The zero-order valence-corrected chi connectivity index (χ0v) is 16.4. The predicted octanol–water partition coefficient (Wildman–Crippen LogP) is 3.73. The fraction of sp³-hybridized carbons (Fsp3) is 0.550. The van der Waals surface area contributed by atoms with Crippen LogP contribution in [0.1, 0.15) is 52.0 Å². The number of carbonyl (C=O) groups excluding carboxylic acids is 1. The van der Waals surface area contributed by atoms with Gasteiger partial charge in [0, 0.05) is 24.9 Å². The van der Waals surface area contributed by atoms with Gasteiger partial charge in [-0.25, -0.2) is 13.6 Å². The predicted molar refractivity (Wildman–Crippen MR) is 98.5 cm³/mol. The second kappa shape index (κ2) is 8.13. The van der Waals surface area contributed by atoms with Crippen molar-refractivity contribution >= 4 is 12.0 Å². The number of halogens is 2. The number of likely N-dealkylation sites (tertiary alicyclic amines) is 1. The van der Waals surface area contributed by atoms with Crippen LogP contribution in [0.2, 0.25) is 0 Å². The normalized spacial score (nSPS) is 22.9. The Hall–Kier alpha value is -2.69. The summed E-state index contributed by atoms with van der Waals surface area (Å²) in [6, 6.07) is 4.14. The van der Waals surface area contributed by atoms with Crippen LogP contribution in [-0.4, -0.2) is 51.1 Å². The molecule has 0 aliphatic carbocycles. The molecule has 2 amide bonds. The van der Waals surface area contributed by atoms with Gasteiger partial charge in [-0.05, 0) is 45.2 Å². The topological polar surface area (TPSA) is 84.6 Å². The van der Waals surface area contributed by atoms with Crippen molar-refractivity contribution in [2.45, 2.75) is 64.1 Å². The Bertz CT molecular complexity index is 801. The third kappa shape index (κ3) is 4.24. The molecule has 0 spiro atoms. The van der Waals surface area contributed by atoms with Crippen molar-refractivity contribution in [1.82, 2.24) is 9.80 Å². The van der Waals surface area contributed by atoms with E-state index in [9.17, 15) is 28.7 Å². The summed E-state index contributed by atoms with van der Waals surface area (Å²) in [6.07, 6.45) is -0.643. The minimum absolute atomic E-state index is 0.0159. The number of amides is 2. The first-order valence-corrected chi connectivity index (χ1v) is 9.12. The number of hydrogen-bond donors (Lipinski definition) is 1. The van der Waals surface area contributed by atoms with Crippen molar-refractivity contribution in [1.29, 1.82) is 5.26 Å². The molecular weight excluding hydrogens is 368 g/mol. The minimum atomic E-state index is -1.20. The zero-order chi connectivity index (χ0) is 21.2. The first-order valence-electron chi connectivity index (χ1n) is 9.12. The Kier molecular flexibility index (Phi) is 6.27. The Balaban J connectivity index is 2.52. The Labute approximate surface area is 163 Å². The maximum atomic E-state index is 14.4. The van der Waals surface area contributed by atoms with E-state index in [2.05, 4.69) is 6.07 Å². The summed E-state index contributed by atoms with van der Waals surface area (Å²) in [5, 5.41) is 19.5. The van der Waals surface area contributed by atoms with Gasteiger partial charge in [-0.2, -0.15) is 5.26 Å². The summed E-state index contributed by atoms with van der Waals surface area (Å²) >= 11 is 0. The first-order chi connectivity index (χ1) is 13.0. The molecular formula is C20H25F2N3O3. The largest absolute Gasteiger partial charge is 0.465 e. The summed E-state index contributed by atoms with van der Waals surface area (Å²) in [5.74, 6) is -2.92. The average molecular weight is 393 g/mol. The van der Waals surface area contributed by atoms with Gasteiger partial charge in [-0.1, -0.05) is 12.1 Å². The van der Waals surface area contributed by atoms with Crippen LogP contribution in [-0.2, 0) is 4.79 Å². The van der Waals surface area contributed by atoms with E-state index in [4.69, 9.17) is 0 Å². The van der Waals surface area contributed by atoms with Crippen LogP contribution in [0.15, 0.2) is 18.2 Å². The second-order valence-corrected chi connectivity index (χ2v) is 8.05. The molecule has 1 unspecified atom stereocenters. The summed E-state index contributed by atoms with van der Waals surface area (Å²) in [4.78, 5) is 26.7. The number of rotatable bonds is 2. The van der Waals surface area contributed by atoms with Crippen molar-refractivity contribution in [2.75, 3.05) is 6.54 Å². The lowest BCUT2D eigenvalue weighted by atomic mass is 9.91. The van der Waals surface area contributed by atoms with Crippen LogP contribution < -0.4 is 0 Å². The van der Waals surface area contributed by atoms with Gasteiger partial charge in [0.25, 0.3) is 0 Å². The second-order valence-electron chi connectivity index (χ2n) is 8.05. The lowest BCUT2D eigenvalue weighted by Gasteiger charge is -2.42. The summed E-state index contributed by atoms with van der Waals surface area (Å²) in [6.45, 7) is 6.43. The van der Waals surface area contributed by atoms with Crippen LogP contribution in [0.5, 0.6) is 0 Å². The molecule has 2 rings (SSSR count). The number of carboxylic acid groups (broad SMARTS) is 1. The van der Waals surface area contributed by atoms with Crippen molar-refractivity contribution in [3.8, 4) is 6.07 Å². The molecule has 0 radical (unpaired) electrons. The molecule has 1 aliphatic rings. The Morgan fingerprint density at radius 1 is 1.29 bits per heavy atom. The minimum Gasteiger partial charge on any atom is -0.465 e. The Morgan fingerprint density at radius 3 is 2.43 bits per heavy atom. The molecule has 1 aliphatic heterocycles. The van der Waals surface area contributed by atoms with E-state index < -0.39 is 47.2 Å². The van der Waals surface area contributed by atoms with Crippen molar-refractivity contribution < 1.29 is 23.5 Å². The van der Waals surface area contributed by atoms with Crippen LogP contribution in [0, 0.1) is 23.0 Å². The maximum absolute atomic E-state index is 14.4. The monoisotopic (exact) mass is 393 g/mol. The maximum Gasteiger partial charge on any atom is 0.408 e. The number of benzene rings is 1. The van der Waals surface area contributed by atoms with E-state index in [1.807, 2.05) is 0 Å². The molecule has 3 atom stereocenters. The van der Waals surface area contributed by atoms with Crippen molar-refractivity contribution in [2.24, 2.45) is 0 Å². The van der Waals surface area contributed by atoms with E-state index in [1.54, 1.807) is 20.8 Å². The molecule has 1 heterocycles. The van der Waals surface area contributed by atoms with Gasteiger partial charge in [0.05, 0.1) is 12.1 Å². The van der Waals surface area contributed by atoms with Crippen LogP contribution in [0.3, 0.4) is 0 Å². The summed E-state index contributed by atoms with van der Waals surface area (Å²) < 4.78 is 28.1. The van der Waals surface area contributed by atoms with Gasteiger partial charge in [0.2, 0.25) is 5.91 Å². The Morgan fingerprint density at radius 2 is 1.93 bits per heavy atom. The van der Waals surface area contributed by atoms with Crippen molar-refractivity contribution in [3.63, 3.8) is 0 Å². The molecule has 1 N–H and O–H groups in total. The highest BCUT2D eigenvalue weighted by atomic mass is 19.2. The van der Waals surface area contributed by atoms with Gasteiger partial charge in [0.15, 0.2) is 11.6 Å². The quantitative estimate of drug-likeness (QED) is 0.830. The molecule has 1 aromatic carbocycles. The van der Waals surface area contributed by atoms with Gasteiger partial charge in [-0.15, -0.1) is 0 Å². The van der Waals surface area contributed by atoms with E-state index >= 15 is 0 Å². The van der Waals surface area contributed by atoms with E-state index in [1.165, 1.54) is 28.9 Å². The molecule has 1 saturated heterocycles. The van der Waals surface area contributed by atoms with Crippen LogP contribution in [0.25, 0.3) is 0 Å². The fourth-order valence-electron chi connectivity index (χ4n) is 3.95. The highest BCUT2D eigenvalue weighted by Gasteiger charge is 2.44. The van der Waals surface area contributed by atoms with Crippen molar-refractivity contribution in [3.05, 3.63) is 35.4 Å². The number of nitriles is 1. The molecule has 152 valence electrons. The van der Waals surface area contributed by atoms with Gasteiger partial charge in [-0.3, -0.25) is 9.69 Å². The molecule has 8 heteroatoms. The van der Waals surface area contributed by atoms with E-state index in [-0.39, 0.29) is 18.5 Å². The van der Waals surface area contributed by atoms with E-state index in [0.29, 0.717) is 6.42 Å². The average Bonchev–Trinajstić information content (AvgIpc) is 2.75. The lowest BCUT2D eigenvalue weighted by Crippen LogP contribution is -2.59. The molecule has 1 aromatic rings. The lowest BCUT2D eigenvalue weighted by molar-refractivity contribution is -0.131. The number of hydrogen-bond acceptors (Lipinski definition) is 3. The van der Waals surface area contributed by atoms with Crippen LogP contribution in [0.4, 0.5) is 13.6 Å². The third-order valence-electron chi connectivity index (χ3n) is 5.15. The smallest absolute Gasteiger partial charge is 0.408 e. The van der Waals surface area contributed by atoms with E-state index in [0.717, 1.165) is 6.07 Å². The molecule has 0 saturated carbocycles. The molecule has 1 fully saturated rings. The molecule has 6 nitrogen and oxygen atoms in total. The highest BCUT2D eigenvalue weighted by Crippen LogP contribution is 2.35. The zero-order valence-electron chi connectivity index (χ0n) is 16.4. The van der Waals surface area contributed by atoms with Gasteiger partial charge >= 0.3 is 6.09 Å². The van der Waals surface area contributed by atoms with Crippen LogP contribution >= 0.6 is 0 Å². The SMILES string of the molecule is CC(=O)N1C[C@H](c2cccc(F)c2F)CC[C@@H](N(C(=O)O)C(C)(C)C)C1C#N. The molecule has 28 heavy (non-hydrogen) atoms. The number of nitrogens with zero attached hydrogens (tertiary/aromatic N) is 3. The first kappa shape index (κ1) is 21.6. The number of carbonyl (C=O) groups is 2. The van der Waals surface area contributed by atoms with Gasteiger partial charge < -0.3 is 10.0 Å². The summed E-state index contributed by atoms with van der Waals surface area (Å²) in [7, 11) is 0. The summed E-state index contributed by atoms with van der Waals surface area (Å²) in [5.41, 5.74) is -0.681. The third-order valence-corrected chi connectivity index (χ3v) is 5.15. The fourth-order valence-corrected chi connectivity index (χ4v) is 3.95. The standard InChI is InChI=1S/C20H25F2N3O3/c1-12(26)24-11-13(14-6-5-7-15(21)18(14)22)8-9-16(17(24)10-23)25(19(27)28)20(2,3)4/h5-7,13,16-17H,8-9,11H2,1-4H3,(H,27,28)/t13-,16-,17?/m1/s1. The molecule has 0 bridgehead atoms. The molecule has 0 aromatic heterocycles. The van der Waals surface area contributed by atoms with Gasteiger partial charge in [0.1, 0.15) is 6.04 Å². The highest BCUT2D eigenvalue weighted by molar-refractivity contribution is 5.75.